The van der Waals surface area contributed by atoms with E-state index in [0.717, 1.165) is 22.4 Å². The molecule has 0 aliphatic carbocycles. The van der Waals surface area contributed by atoms with Gasteiger partial charge < -0.3 is 15.1 Å². The molecule has 1 N–H and O–H groups in total. The zero-order chi connectivity index (χ0) is 21.8. The van der Waals surface area contributed by atoms with Crippen LogP contribution in [-0.2, 0) is 15.9 Å². The van der Waals surface area contributed by atoms with Crippen molar-refractivity contribution >= 4 is 29.1 Å². The van der Waals surface area contributed by atoms with Crippen LogP contribution in [0.4, 0.5) is 5.69 Å². The first-order valence-corrected chi connectivity index (χ1v) is 10.4. The number of carbonyl (C=O) groups excluding carboxylic acids is 2. The van der Waals surface area contributed by atoms with E-state index in [1.165, 1.54) is 6.08 Å². The van der Waals surface area contributed by atoms with Gasteiger partial charge in [-0.15, -0.1) is 0 Å². The lowest BCUT2D eigenvalue weighted by Crippen LogP contribution is -2.65. The van der Waals surface area contributed by atoms with Crippen LogP contribution in [-0.4, -0.2) is 41.8 Å². The molecule has 0 saturated carbocycles. The molecule has 0 spiro atoms. The minimum atomic E-state index is -0.481. The van der Waals surface area contributed by atoms with Gasteiger partial charge in [-0.2, -0.15) is 0 Å². The molecule has 2 heterocycles. The second-order valence-electron chi connectivity index (χ2n) is 8.70. The molecule has 6 heteroatoms. The normalized spacial score (nSPS) is 18.6. The van der Waals surface area contributed by atoms with Crippen molar-refractivity contribution in [3.05, 3.63) is 76.3 Å². The van der Waals surface area contributed by atoms with Crippen molar-refractivity contribution < 1.29 is 9.59 Å². The SMILES string of the molecule is C=CC(=O)N1CC(Nc2ccc3c(c2)C(=O)N(C)C3(C)C)(c2cccc(Cl)c2C)C1. The summed E-state index contributed by atoms with van der Waals surface area (Å²) in [4.78, 5) is 28.4. The van der Waals surface area contributed by atoms with Gasteiger partial charge in [-0.25, -0.2) is 0 Å². The van der Waals surface area contributed by atoms with E-state index in [1.54, 1.807) is 9.80 Å². The van der Waals surface area contributed by atoms with E-state index in [2.05, 4.69) is 11.9 Å². The van der Waals surface area contributed by atoms with E-state index < -0.39 is 5.54 Å². The van der Waals surface area contributed by atoms with Crippen molar-refractivity contribution in [2.75, 3.05) is 25.5 Å². The van der Waals surface area contributed by atoms with Crippen LogP contribution >= 0.6 is 11.6 Å². The third kappa shape index (κ3) is 2.91. The van der Waals surface area contributed by atoms with Crippen molar-refractivity contribution in [1.82, 2.24) is 9.80 Å². The second-order valence-corrected chi connectivity index (χ2v) is 9.11. The van der Waals surface area contributed by atoms with Crippen molar-refractivity contribution in [2.45, 2.75) is 31.8 Å². The summed E-state index contributed by atoms with van der Waals surface area (Å²) in [7, 11) is 1.83. The summed E-state index contributed by atoms with van der Waals surface area (Å²) < 4.78 is 0. The van der Waals surface area contributed by atoms with Gasteiger partial charge in [0, 0.05) is 23.3 Å². The number of hydrogen-bond donors (Lipinski definition) is 1. The molecule has 4 rings (SSSR count). The zero-order valence-electron chi connectivity index (χ0n) is 17.8. The molecule has 0 radical (unpaired) electrons. The van der Waals surface area contributed by atoms with Gasteiger partial charge in [0.2, 0.25) is 5.91 Å². The van der Waals surface area contributed by atoms with E-state index >= 15 is 0 Å². The first kappa shape index (κ1) is 20.5. The fourth-order valence-corrected chi connectivity index (χ4v) is 4.73. The maximum Gasteiger partial charge on any atom is 0.254 e. The summed E-state index contributed by atoms with van der Waals surface area (Å²) in [6.07, 6.45) is 1.33. The molecule has 2 aliphatic rings. The van der Waals surface area contributed by atoms with Crippen LogP contribution in [0.15, 0.2) is 49.1 Å². The number of hydrogen-bond acceptors (Lipinski definition) is 3. The number of amides is 2. The Bertz CT molecular complexity index is 1070. The van der Waals surface area contributed by atoms with Crippen molar-refractivity contribution in [2.24, 2.45) is 0 Å². The Hall–Kier alpha value is -2.79. The molecule has 1 fully saturated rings. The lowest BCUT2D eigenvalue weighted by Gasteiger charge is -2.51. The number of likely N-dealkylation sites (tertiary alicyclic amines) is 1. The summed E-state index contributed by atoms with van der Waals surface area (Å²) in [5.41, 5.74) is 3.79. The summed E-state index contributed by atoms with van der Waals surface area (Å²) >= 11 is 6.40. The first-order valence-electron chi connectivity index (χ1n) is 9.98. The van der Waals surface area contributed by atoms with Crippen molar-refractivity contribution in [3.63, 3.8) is 0 Å². The summed E-state index contributed by atoms with van der Waals surface area (Å²) in [5, 5.41) is 4.31. The molecule has 0 unspecified atom stereocenters. The zero-order valence-corrected chi connectivity index (χ0v) is 18.5. The standard InChI is InChI=1S/C24H26ClN3O2/c1-6-21(29)28-13-24(14-28,18-8-7-9-20(25)15(18)2)26-16-10-11-19-17(12-16)22(30)27(5)23(19,3)4/h6-12,26H,1,13-14H2,2-5H3. The van der Waals surface area contributed by atoms with Crippen molar-refractivity contribution in [3.8, 4) is 0 Å². The van der Waals surface area contributed by atoms with E-state index in [9.17, 15) is 9.59 Å². The Labute approximate surface area is 182 Å². The molecule has 0 atom stereocenters. The van der Waals surface area contributed by atoms with Gasteiger partial charge >= 0.3 is 0 Å². The molecule has 2 aromatic rings. The summed E-state index contributed by atoms with van der Waals surface area (Å²) in [6.45, 7) is 10.7. The highest BCUT2D eigenvalue weighted by molar-refractivity contribution is 6.31. The van der Waals surface area contributed by atoms with E-state index in [1.807, 2.05) is 64.2 Å². The predicted molar refractivity (Wildman–Crippen MR) is 120 cm³/mol. The number of nitrogens with zero attached hydrogens (tertiary/aromatic N) is 2. The fourth-order valence-electron chi connectivity index (χ4n) is 4.56. The van der Waals surface area contributed by atoms with E-state index in [-0.39, 0.29) is 17.4 Å². The van der Waals surface area contributed by atoms with Crippen LogP contribution < -0.4 is 5.32 Å². The van der Waals surface area contributed by atoms with Gasteiger partial charge in [0.25, 0.3) is 5.91 Å². The minimum Gasteiger partial charge on any atom is -0.372 e. The van der Waals surface area contributed by atoms with Crippen LogP contribution in [0, 0.1) is 6.92 Å². The highest BCUT2D eigenvalue weighted by Gasteiger charge is 2.47. The molecule has 156 valence electrons. The Morgan fingerprint density at radius 3 is 2.57 bits per heavy atom. The maximum atomic E-state index is 12.8. The summed E-state index contributed by atoms with van der Waals surface area (Å²) in [5.74, 6) is -0.0803. The average molecular weight is 424 g/mol. The average Bonchev–Trinajstić information content (AvgIpc) is 2.86. The quantitative estimate of drug-likeness (QED) is 0.746. The number of rotatable bonds is 4. The van der Waals surface area contributed by atoms with Gasteiger partial charge in [0.15, 0.2) is 0 Å². The monoisotopic (exact) mass is 423 g/mol. The highest BCUT2D eigenvalue weighted by Crippen LogP contribution is 2.42. The number of nitrogens with one attached hydrogen (secondary N) is 1. The third-order valence-electron chi connectivity index (χ3n) is 6.63. The van der Waals surface area contributed by atoms with E-state index in [4.69, 9.17) is 11.6 Å². The smallest absolute Gasteiger partial charge is 0.254 e. The van der Waals surface area contributed by atoms with Gasteiger partial charge in [-0.05, 0) is 61.7 Å². The molecule has 2 amide bonds. The molecule has 5 nitrogen and oxygen atoms in total. The van der Waals surface area contributed by atoms with Crippen LogP contribution in [0.1, 0.15) is 40.9 Å². The lowest BCUT2D eigenvalue weighted by molar-refractivity contribution is -0.132. The van der Waals surface area contributed by atoms with Gasteiger partial charge in [0.1, 0.15) is 0 Å². The van der Waals surface area contributed by atoms with Gasteiger partial charge in [-0.3, -0.25) is 9.59 Å². The molecule has 2 aromatic carbocycles. The largest absolute Gasteiger partial charge is 0.372 e. The van der Waals surface area contributed by atoms with Crippen LogP contribution in [0.3, 0.4) is 0 Å². The lowest BCUT2D eigenvalue weighted by atomic mass is 9.79. The Kier molecular flexibility index (Phi) is 4.70. The van der Waals surface area contributed by atoms with Crippen molar-refractivity contribution in [1.29, 1.82) is 0 Å². The molecule has 0 aromatic heterocycles. The Morgan fingerprint density at radius 1 is 1.20 bits per heavy atom. The number of anilines is 1. The molecular weight excluding hydrogens is 398 g/mol. The molecule has 30 heavy (non-hydrogen) atoms. The van der Waals surface area contributed by atoms with Crippen LogP contribution in [0.2, 0.25) is 5.02 Å². The Balaban J connectivity index is 1.73. The topological polar surface area (TPSA) is 52.7 Å². The molecule has 2 aliphatic heterocycles. The Morgan fingerprint density at radius 2 is 1.90 bits per heavy atom. The molecule has 0 bridgehead atoms. The van der Waals surface area contributed by atoms with Crippen LogP contribution in [0.5, 0.6) is 0 Å². The summed E-state index contributed by atoms with van der Waals surface area (Å²) in [6, 6.07) is 11.8. The number of halogens is 1. The van der Waals surface area contributed by atoms with Gasteiger partial charge in [0.05, 0.1) is 24.2 Å². The molecule has 1 saturated heterocycles. The van der Waals surface area contributed by atoms with Crippen LogP contribution in [0.25, 0.3) is 0 Å². The van der Waals surface area contributed by atoms with E-state index in [0.29, 0.717) is 23.7 Å². The van der Waals surface area contributed by atoms with Gasteiger partial charge in [-0.1, -0.05) is 36.4 Å². The molecular formula is C24H26ClN3O2. The number of benzene rings is 2. The predicted octanol–water partition coefficient (Wildman–Crippen LogP) is 4.30. The number of carbonyl (C=O) groups is 2. The third-order valence-corrected chi connectivity index (χ3v) is 7.04. The second kappa shape index (κ2) is 6.88. The highest BCUT2D eigenvalue weighted by atomic mass is 35.5. The first-order chi connectivity index (χ1) is 14.1. The minimum absolute atomic E-state index is 0.0173. The number of fused-ring (bicyclic) bond motifs is 1. The fraction of sp³-hybridized carbons (Fsp3) is 0.333. The maximum absolute atomic E-state index is 12.8.